The predicted molar refractivity (Wildman–Crippen MR) is 81.9 cm³/mol. The van der Waals surface area contributed by atoms with Gasteiger partial charge < -0.3 is 4.74 Å². The van der Waals surface area contributed by atoms with Crippen molar-refractivity contribution in [1.82, 2.24) is 0 Å². The Morgan fingerprint density at radius 1 is 1.21 bits per heavy atom. The number of hydrogen-bond acceptors (Lipinski definition) is 2. The van der Waals surface area contributed by atoms with E-state index in [1.807, 2.05) is 13.0 Å². The van der Waals surface area contributed by atoms with Gasteiger partial charge in [0.05, 0.1) is 0 Å². The smallest absolute Gasteiger partial charge is 0.303 e. The van der Waals surface area contributed by atoms with Crippen molar-refractivity contribution in [2.75, 3.05) is 0 Å². The highest BCUT2D eigenvalue weighted by molar-refractivity contribution is 5.66. The van der Waals surface area contributed by atoms with Gasteiger partial charge in [0.2, 0.25) is 0 Å². The highest BCUT2D eigenvalue weighted by Gasteiger charge is 2.14. The monoisotopic (exact) mass is 262 g/mol. The molecule has 0 radical (unpaired) electrons. The molecule has 0 rings (SSSR count). The minimum atomic E-state index is -0.266. The number of ether oxygens (including phenoxy) is 1. The zero-order chi connectivity index (χ0) is 14.8. The van der Waals surface area contributed by atoms with Gasteiger partial charge in [-0.3, -0.25) is 4.79 Å². The fourth-order valence-electron chi connectivity index (χ4n) is 1.58. The first-order valence-electron chi connectivity index (χ1n) is 6.64. The van der Waals surface area contributed by atoms with Gasteiger partial charge in [0.25, 0.3) is 0 Å². The van der Waals surface area contributed by atoms with Crippen molar-refractivity contribution in [2.24, 2.45) is 0 Å². The van der Waals surface area contributed by atoms with Gasteiger partial charge in [0, 0.05) is 13.3 Å². The molecule has 0 aromatic carbocycles. The Kier molecular flexibility index (Phi) is 8.60. The Labute approximate surface area is 117 Å². The van der Waals surface area contributed by atoms with Crippen LogP contribution < -0.4 is 0 Å². The van der Waals surface area contributed by atoms with E-state index in [4.69, 9.17) is 4.74 Å². The van der Waals surface area contributed by atoms with Crippen molar-refractivity contribution < 1.29 is 9.53 Å². The molecule has 106 valence electrons. The molecular formula is C17H26O2. The van der Waals surface area contributed by atoms with Gasteiger partial charge in [-0.25, -0.2) is 0 Å². The normalized spacial score (nSPS) is 12.5. The Morgan fingerprint density at radius 3 is 2.32 bits per heavy atom. The minimum Gasteiger partial charge on any atom is -0.458 e. The van der Waals surface area contributed by atoms with Crippen molar-refractivity contribution >= 4 is 5.97 Å². The Hall–Kier alpha value is -1.57. The first-order chi connectivity index (χ1) is 8.86. The molecule has 0 unspecified atom stereocenters. The summed E-state index contributed by atoms with van der Waals surface area (Å²) in [6.07, 6.45) is 8.17. The zero-order valence-electron chi connectivity index (χ0n) is 12.7. The molecule has 0 aromatic rings. The molecule has 2 nitrogen and oxygen atoms in total. The molecule has 0 heterocycles. The summed E-state index contributed by atoms with van der Waals surface area (Å²) in [7, 11) is 0. The second kappa shape index (κ2) is 9.37. The Balaban J connectivity index is 4.56. The van der Waals surface area contributed by atoms with Crippen LogP contribution >= 0.6 is 0 Å². The van der Waals surface area contributed by atoms with Gasteiger partial charge in [0.1, 0.15) is 6.10 Å². The second-order valence-electron chi connectivity index (χ2n) is 4.96. The van der Waals surface area contributed by atoms with Crippen LogP contribution in [0.3, 0.4) is 0 Å². The van der Waals surface area contributed by atoms with E-state index >= 15 is 0 Å². The number of hydrogen-bond donors (Lipinski definition) is 0. The number of esters is 1. The molecule has 0 aliphatic heterocycles. The molecule has 0 aliphatic rings. The molecule has 0 N–H and O–H groups in total. The van der Waals surface area contributed by atoms with Gasteiger partial charge in [-0.2, -0.15) is 0 Å². The quantitative estimate of drug-likeness (QED) is 0.359. The lowest BCUT2D eigenvalue weighted by Crippen LogP contribution is -2.18. The molecule has 0 saturated heterocycles. The molecule has 2 heteroatoms. The van der Waals surface area contributed by atoms with Crippen LogP contribution in [0.4, 0.5) is 0 Å². The summed E-state index contributed by atoms with van der Waals surface area (Å²) in [5, 5.41) is 0. The van der Waals surface area contributed by atoms with Crippen LogP contribution in [-0.4, -0.2) is 12.1 Å². The molecule has 0 bridgehead atoms. The van der Waals surface area contributed by atoms with Crippen LogP contribution in [0.1, 0.15) is 47.0 Å². The van der Waals surface area contributed by atoms with E-state index in [0.717, 1.165) is 24.0 Å². The lowest BCUT2D eigenvalue weighted by atomic mass is 10.0. The maximum atomic E-state index is 11.1. The summed E-state index contributed by atoms with van der Waals surface area (Å²) in [5.41, 5.74) is 3.33. The lowest BCUT2D eigenvalue weighted by molar-refractivity contribution is -0.144. The average Bonchev–Trinajstić information content (AvgIpc) is 2.32. The molecule has 0 aliphatic carbocycles. The van der Waals surface area contributed by atoms with Crippen LogP contribution in [0.5, 0.6) is 0 Å². The third-order valence-electron chi connectivity index (χ3n) is 2.76. The first kappa shape index (κ1) is 17.4. The number of allylic oxidation sites excluding steroid dienone is 4. The topological polar surface area (TPSA) is 26.3 Å². The molecule has 0 fully saturated rings. The third-order valence-corrected chi connectivity index (χ3v) is 2.76. The second-order valence-corrected chi connectivity index (χ2v) is 4.96. The standard InChI is InChI=1S/C17H26O2/c1-7-14(4)11-12-17(19-16(6)18)15(5)10-8-9-13(2)3/h7,9,11,17H,1,5,8,10,12H2,2-4,6H3/b14-11+/t17-/m0/s1. The summed E-state index contributed by atoms with van der Waals surface area (Å²) in [4.78, 5) is 11.1. The predicted octanol–water partition coefficient (Wildman–Crippen LogP) is 4.74. The van der Waals surface area contributed by atoms with Gasteiger partial charge in [0.15, 0.2) is 0 Å². The molecule has 0 saturated carbocycles. The molecule has 0 aromatic heterocycles. The van der Waals surface area contributed by atoms with Gasteiger partial charge >= 0.3 is 5.97 Å². The Bertz CT molecular complexity index is 382. The largest absolute Gasteiger partial charge is 0.458 e. The lowest BCUT2D eigenvalue weighted by Gasteiger charge is -2.18. The fourth-order valence-corrected chi connectivity index (χ4v) is 1.58. The van der Waals surface area contributed by atoms with Crippen molar-refractivity contribution in [2.45, 2.75) is 53.1 Å². The van der Waals surface area contributed by atoms with E-state index in [0.29, 0.717) is 6.42 Å². The van der Waals surface area contributed by atoms with Crippen molar-refractivity contribution in [3.63, 3.8) is 0 Å². The van der Waals surface area contributed by atoms with Crippen LogP contribution in [0.2, 0.25) is 0 Å². The summed E-state index contributed by atoms with van der Waals surface area (Å²) >= 11 is 0. The van der Waals surface area contributed by atoms with Crippen molar-refractivity contribution in [3.05, 3.63) is 48.1 Å². The SMILES string of the molecule is C=C/C(C)=C/C[C@H](OC(C)=O)C(=C)CCC=C(C)C. The molecule has 19 heavy (non-hydrogen) atoms. The van der Waals surface area contributed by atoms with E-state index < -0.39 is 0 Å². The molecule has 0 amide bonds. The van der Waals surface area contributed by atoms with Crippen LogP contribution in [0.25, 0.3) is 0 Å². The summed E-state index contributed by atoms with van der Waals surface area (Å²) in [6.45, 7) is 15.3. The molecule has 0 spiro atoms. The summed E-state index contributed by atoms with van der Waals surface area (Å²) in [6, 6.07) is 0. The van der Waals surface area contributed by atoms with Crippen LogP contribution in [-0.2, 0) is 9.53 Å². The third kappa shape index (κ3) is 9.06. The molecule has 1 atom stereocenters. The summed E-state index contributed by atoms with van der Waals surface area (Å²) < 4.78 is 5.33. The van der Waals surface area contributed by atoms with Crippen LogP contribution in [0, 0.1) is 0 Å². The van der Waals surface area contributed by atoms with Gasteiger partial charge in [-0.15, -0.1) is 0 Å². The maximum Gasteiger partial charge on any atom is 0.303 e. The molecular weight excluding hydrogens is 236 g/mol. The summed E-state index contributed by atoms with van der Waals surface area (Å²) in [5.74, 6) is -0.266. The highest BCUT2D eigenvalue weighted by Crippen LogP contribution is 2.17. The van der Waals surface area contributed by atoms with Crippen molar-refractivity contribution in [1.29, 1.82) is 0 Å². The maximum absolute atomic E-state index is 11.1. The fraction of sp³-hybridized carbons (Fsp3) is 0.471. The highest BCUT2D eigenvalue weighted by atomic mass is 16.5. The van der Waals surface area contributed by atoms with E-state index in [1.54, 1.807) is 6.08 Å². The van der Waals surface area contributed by atoms with E-state index in [9.17, 15) is 4.79 Å². The van der Waals surface area contributed by atoms with Crippen LogP contribution in [0.15, 0.2) is 48.1 Å². The van der Waals surface area contributed by atoms with Gasteiger partial charge in [-0.1, -0.05) is 42.5 Å². The Morgan fingerprint density at radius 2 is 1.84 bits per heavy atom. The van der Waals surface area contributed by atoms with E-state index in [1.165, 1.54) is 12.5 Å². The first-order valence-corrected chi connectivity index (χ1v) is 6.64. The van der Waals surface area contributed by atoms with Gasteiger partial charge in [-0.05, 0) is 39.2 Å². The number of rotatable bonds is 8. The van der Waals surface area contributed by atoms with E-state index in [-0.39, 0.29) is 12.1 Å². The van der Waals surface area contributed by atoms with E-state index in [2.05, 4.69) is 33.1 Å². The number of carbonyl (C=O) groups excluding carboxylic acids is 1. The average molecular weight is 262 g/mol. The minimum absolute atomic E-state index is 0.238. The zero-order valence-corrected chi connectivity index (χ0v) is 12.7. The number of carbonyl (C=O) groups is 1. The van der Waals surface area contributed by atoms with Crippen molar-refractivity contribution in [3.8, 4) is 0 Å².